The number of carbonyl (C=O) groups is 1. The highest BCUT2D eigenvalue weighted by Gasteiger charge is 2.30. The van der Waals surface area contributed by atoms with Gasteiger partial charge in [0.2, 0.25) is 0 Å². The normalized spacial score (nSPS) is 13.1. The second-order valence-electron chi connectivity index (χ2n) is 3.79. The summed E-state index contributed by atoms with van der Waals surface area (Å²) in [5.74, 6) is -1.39. The van der Waals surface area contributed by atoms with E-state index in [0.29, 0.717) is 0 Å². The van der Waals surface area contributed by atoms with Crippen molar-refractivity contribution < 1.29 is 27.1 Å². The lowest BCUT2D eigenvalue weighted by Gasteiger charge is -2.15. The molecule has 1 rings (SSSR count). The Kier molecular flexibility index (Phi) is 4.71. The lowest BCUT2D eigenvalue weighted by molar-refractivity contribution is -0.184. The number of hydrogen-bond acceptors (Lipinski definition) is 3. The molecule has 1 unspecified atom stereocenters. The minimum absolute atomic E-state index is 0.0311. The van der Waals surface area contributed by atoms with Crippen LogP contribution < -0.4 is 11.1 Å². The zero-order valence-electron chi connectivity index (χ0n) is 9.92. The van der Waals surface area contributed by atoms with Crippen molar-refractivity contribution in [1.82, 2.24) is 0 Å². The number of carbonyl (C=O) groups excluding carboxylic acids is 1. The molecule has 0 aromatic heterocycles. The van der Waals surface area contributed by atoms with E-state index in [1.807, 2.05) is 0 Å². The molecule has 0 spiro atoms. The molecule has 0 saturated carbocycles. The Labute approximate surface area is 106 Å². The first kappa shape index (κ1) is 15.2. The summed E-state index contributed by atoms with van der Waals surface area (Å²) in [5, 5.41) is 2.25. The molecule has 0 aliphatic heterocycles. The molecule has 106 valence electrons. The van der Waals surface area contributed by atoms with Gasteiger partial charge in [-0.2, -0.15) is 13.2 Å². The number of rotatable bonds is 4. The molecule has 0 radical (unpaired) electrons. The van der Waals surface area contributed by atoms with E-state index >= 15 is 0 Å². The maximum absolute atomic E-state index is 12.8. The average molecular weight is 280 g/mol. The van der Waals surface area contributed by atoms with Crippen LogP contribution in [0, 0.1) is 5.82 Å². The first-order valence-corrected chi connectivity index (χ1v) is 5.23. The third-order valence-corrected chi connectivity index (χ3v) is 2.14. The zero-order valence-corrected chi connectivity index (χ0v) is 9.92. The van der Waals surface area contributed by atoms with Gasteiger partial charge in [0, 0.05) is 0 Å². The topological polar surface area (TPSA) is 64.3 Å². The molecule has 8 heteroatoms. The van der Waals surface area contributed by atoms with Crippen molar-refractivity contribution in [2.24, 2.45) is 0 Å². The standard InChI is InChI=1S/C11H12F4N2O2/c1-6(19-5-11(13,14)15)10(18)17-9-3-2-7(12)4-8(9)16/h2-4,6H,5,16H2,1H3,(H,17,18). The summed E-state index contributed by atoms with van der Waals surface area (Å²) in [7, 11) is 0. The second-order valence-corrected chi connectivity index (χ2v) is 3.79. The minimum atomic E-state index is -4.51. The highest BCUT2D eigenvalue weighted by molar-refractivity contribution is 5.96. The molecule has 1 aromatic carbocycles. The average Bonchev–Trinajstić information content (AvgIpc) is 2.28. The van der Waals surface area contributed by atoms with Gasteiger partial charge < -0.3 is 15.8 Å². The van der Waals surface area contributed by atoms with Crippen LogP contribution in [0.25, 0.3) is 0 Å². The number of amides is 1. The number of nitrogen functional groups attached to an aromatic ring is 1. The number of nitrogens with one attached hydrogen (secondary N) is 1. The van der Waals surface area contributed by atoms with E-state index in [2.05, 4.69) is 10.1 Å². The lowest BCUT2D eigenvalue weighted by Crippen LogP contribution is -2.31. The molecular weight excluding hydrogens is 268 g/mol. The zero-order chi connectivity index (χ0) is 14.6. The summed E-state index contributed by atoms with van der Waals surface area (Å²) >= 11 is 0. The Morgan fingerprint density at radius 3 is 2.63 bits per heavy atom. The van der Waals surface area contributed by atoms with Gasteiger partial charge >= 0.3 is 6.18 Å². The van der Waals surface area contributed by atoms with Gasteiger partial charge in [0.05, 0.1) is 11.4 Å². The number of alkyl halides is 3. The molecule has 0 bridgehead atoms. The van der Waals surface area contributed by atoms with Crippen molar-refractivity contribution in [3.8, 4) is 0 Å². The molecule has 0 saturated heterocycles. The summed E-state index contributed by atoms with van der Waals surface area (Å²) < 4.78 is 52.8. The van der Waals surface area contributed by atoms with Crippen LogP contribution in [0.5, 0.6) is 0 Å². The molecule has 3 N–H and O–H groups in total. The Hall–Kier alpha value is -1.83. The van der Waals surface area contributed by atoms with Crippen LogP contribution in [0.1, 0.15) is 6.92 Å². The summed E-state index contributed by atoms with van der Waals surface area (Å²) in [6.07, 6.45) is -5.82. The molecular formula is C11H12F4N2O2. The molecule has 1 aromatic rings. The molecule has 4 nitrogen and oxygen atoms in total. The van der Waals surface area contributed by atoms with Gasteiger partial charge in [0.1, 0.15) is 18.5 Å². The smallest absolute Gasteiger partial charge is 0.397 e. The third kappa shape index (κ3) is 5.12. The summed E-state index contributed by atoms with van der Waals surface area (Å²) in [4.78, 5) is 11.5. The Balaban J connectivity index is 2.59. The van der Waals surface area contributed by atoms with Gasteiger partial charge in [-0.05, 0) is 25.1 Å². The molecule has 0 aliphatic rings. The van der Waals surface area contributed by atoms with Crippen LogP contribution in [-0.2, 0) is 9.53 Å². The van der Waals surface area contributed by atoms with Crippen molar-refractivity contribution in [3.05, 3.63) is 24.0 Å². The SMILES string of the molecule is CC(OCC(F)(F)F)C(=O)Nc1ccc(F)cc1N. The van der Waals surface area contributed by atoms with Gasteiger partial charge in [0.15, 0.2) is 0 Å². The maximum Gasteiger partial charge on any atom is 0.411 e. The van der Waals surface area contributed by atoms with Gasteiger partial charge in [-0.15, -0.1) is 0 Å². The number of ether oxygens (including phenoxy) is 1. The quantitative estimate of drug-likeness (QED) is 0.657. The van der Waals surface area contributed by atoms with E-state index < -0.39 is 30.6 Å². The van der Waals surface area contributed by atoms with E-state index in [1.54, 1.807) is 0 Å². The van der Waals surface area contributed by atoms with Crippen LogP contribution in [0.4, 0.5) is 28.9 Å². The van der Waals surface area contributed by atoms with Gasteiger partial charge in [0.25, 0.3) is 5.91 Å². The van der Waals surface area contributed by atoms with Crippen molar-refractivity contribution in [2.45, 2.75) is 19.2 Å². The van der Waals surface area contributed by atoms with Gasteiger partial charge in [-0.1, -0.05) is 0 Å². The number of anilines is 2. The first-order chi connectivity index (χ1) is 8.69. The van der Waals surface area contributed by atoms with Gasteiger partial charge in [-0.3, -0.25) is 4.79 Å². The predicted octanol–water partition coefficient (Wildman–Crippen LogP) is 2.31. The Bertz CT molecular complexity index is 462. The van der Waals surface area contributed by atoms with Crippen LogP contribution in [-0.4, -0.2) is 24.8 Å². The largest absolute Gasteiger partial charge is 0.411 e. The van der Waals surface area contributed by atoms with Crippen LogP contribution >= 0.6 is 0 Å². The number of halogens is 4. The minimum Gasteiger partial charge on any atom is -0.397 e. The van der Waals surface area contributed by atoms with Crippen LogP contribution in [0.15, 0.2) is 18.2 Å². The predicted molar refractivity (Wildman–Crippen MR) is 60.9 cm³/mol. The lowest BCUT2D eigenvalue weighted by atomic mass is 10.2. The van der Waals surface area contributed by atoms with E-state index in [4.69, 9.17) is 5.73 Å². The summed E-state index contributed by atoms with van der Waals surface area (Å²) in [5.41, 5.74) is 5.51. The molecule has 0 aliphatic carbocycles. The molecule has 0 fully saturated rings. The molecule has 0 heterocycles. The third-order valence-electron chi connectivity index (χ3n) is 2.14. The molecule has 19 heavy (non-hydrogen) atoms. The first-order valence-electron chi connectivity index (χ1n) is 5.23. The maximum atomic E-state index is 12.8. The number of benzene rings is 1. The molecule has 1 atom stereocenters. The Morgan fingerprint density at radius 2 is 2.11 bits per heavy atom. The van der Waals surface area contributed by atoms with Crippen molar-refractivity contribution >= 4 is 17.3 Å². The van der Waals surface area contributed by atoms with Crippen LogP contribution in [0.3, 0.4) is 0 Å². The Morgan fingerprint density at radius 1 is 1.47 bits per heavy atom. The number of hydrogen-bond donors (Lipinski definition) is 2. The number of nitrogens with two attached hydrogens (primary N) is 1. The summed E-state index contributed by atoms with van der Waals surface area (Å²) in [6, 6.07) is 3.25. The van der Waals surface area contributed by atoms with Crippen molar-refractivity contribution in [2.75, 3.05) is 17.7 Å². The van der Waals surface area contributed by atoms with E-state index in [-0.39, 0.29) is 11.4 Å². The van der Waals surface area contributed by atoms with E-state index in [0.717, 1.165) is 12.1 Å². The fraction of sp³-hybridized carbons (Fsp3) is 0.364. The second kappa shape index (κ2) is 5.87. The van der Waals surface area contributed by atoms with Gasteiger partial charge in [-0.25, -0.2) is 4.39 Å². The molecule has 1 amide bonds. The van der Waals surface area contributed by atoms with Crippen molar-refractivity contribution in [1.29, 1.82) is 0 Å². The fourth-order valence-electron chi connectivity index (χ4n) is 1.18. The van der Waals surface area contributed by atoms with Crippen LogP contribution in [0.2, 0.25) is 0 Å². The fourth-order valence-corrected chi connectivity index (χ4v) is 1.18. The van der Waals surface area contributed by atoms with E-state index in [9.17, 15) is 22.4 Å². The summed E-state index contributed by atoms with van der Waals surface area (Å²) in [6.45, 7) is -0.360. The van der Waals surface area contributed by atoms with E-state index in [1.165, 1.54) is 13.0 Å². The highest BCUT2D eigenvalue weighted by Crippen LogP contribution is 2.20. The highest BCUT2D eigenvalue weighted by atomic mass is 19.4. The monoisotopic (exact) mass is 280 g/mol. The van der Waals surface area contributed by atoms with Crippen molar-refractivity contribution in [3.63, 3.8) is 0 Å².